The minimum Gasteiger partial charge on any atom is -0.458 e. The molecule has 1 amide bonds. The van der Waals surface area contributed by atoms with Crippen LogP contribution >= 0.6 is 0 Å². The molecule has 1 aromatic heterocycles. The lowest BCUT2D eigenvalue weighted by Gasteiger charge is -2.26. The first-order chi connectivity index (χ1) is 8.88. The predicted molar refractivity (Wildman–Crippen MR) is 66.3 cm³/mol. The van der Waals surface area contributed by atoms with E-state index in [0.29, 0.717) is 13.0 Å². The van der Waals surface area contributed by atoms with Crippen LogP contribution in [0.5, 0.6) is 0 Å². The molecule has 2 heterocycles. The molecule has 1 aliphatic rings. The molecular weight excluding hydrogens is 248 g/mol. The average Bonchev–Trinajstić information content (AvgIpc) is 2.97. The Labute approximate surface area is 111 Å². The van der Waals surface area contributed by atoms with Crippen molar-refractivity contribution in [2.75, 3.05) is 6.54 Å². The summed E-state index contributed by atoms with van der Waals surface area (Å²) in [7, 11) is 0. The average molecular weight is 266 g/mol. The number of aromatic amines is 1. The second kappa shape index (κ2) is 4.99. The van der Waals surface area contributed by atoms with Gasteiger partial charge in [0.15, 0.2) is 5.69 Å². The number of nitrogens with zero attached hydrogens (tertiary/aromatic N) is 3. The van der Waals surface area contributed by atoms with E-state index in [9.17, 15) is 9.59 Å². The fraction of sp³-hybridized carbons (Fsp3) is 0.667. The van der Waals surface area contributed by atoms with Crippen LogP contribution in [0.3, 0.4) is 0 Å². The molecule has 0 saturated carbocycles. The molecule has 19 heavy (non-hydrogen) atoms. The first-order valence-electron chi connectivity index (χ1n) is 6.28. The molecule has 1 aliphatic heterocycles. The van der Waals surface area contributed by atoms with Gasteiger partial charge in [0.2, 0.25) is 0 Å². The molecule has 7 nitrogen and oxygen atoms in total. The van der Waals surface area contributed by atoms with Crippen molar-refractivity contribution in [1.29, 1.82) is 0 Å². The number of ether oxygens (including phenoxy) is 1. The molecule has 0 bridgehead atoms. The highest BCUT2D eigenvalue weighted by Gasteiger charge is 2.37. The van der Waals surface area contributed by atoms with Gasteiger partial charge in [-0.2, -0.15) is 15.4 Å². The van der Waals surface area contributed by atoms with Crippen LogP contribution in [0.4, 0.5) is 0 Å². The number of hydrogen-bond acceptors (Lipinski definition) is 5. The summed E-state index contributed by atoms with van der Waals surface area (Å²) < 4.78 is 5.34. The van der Waals surface area contributed by atoms with Crippen LogP contribution in [0.25, 0.3) is 0 Å². The van der Waals surface area contributed by atoms with Gasteiger partial charge in [-0.3, -0.25) is 4.79 Å². The Hall–Kier alpha value is -1.92. The van der Waals surface area contributed by atoms with E-state index in [2.05, 4.69) is 15.4 Å². The number of rotatable bonds is 2. The minimum absolute atomic E-state index is 0.218. The molecule has 1 aromatic rings. The monoisotopic (exact) mass is 266 g/mol. The summed E-state index contributed by atoms with van der Waals surface area (Å²) in [6.45, 7) is 5.96. The lowest BCUT2D eigenvalue weighted by molar-refractivity contribution is -0.159. The van der Waals surface area contributed by atoms with Crippen molar-refractivity contribution in [3.63, 3.8) is 0 Å². The van der Waals surface area contributed by atoms with E-state index < -0.39 is 11.6 Å². The van der Waals surface area contributed by atoms with Gasteiger partial charge in [-0.25, -0.2) is 4.79 Å². The van der Waals surface area contributed by atoms with E-state index in [1.54, 1.807) is 0 Å². The van der Waals surface area contributed by atoms with Crippen molar-refractivity contribution >= 4 is 11.9 Å². The molecule has 1 fully saturated rings. The quantitative estimate of drug-likeness (QED) is 0.798. The third kappa shape index (κ3) is 3.10. The number of likely N-dealkylation sites (tertiary alicyclic amines) is 1. The zero-order valence-electron chi connectivity index (χ0n) is 11.3. The van der Waals surface area contributed by atoms with Crippen molar-refractivity contribution in [2.24, 2.45) is 0 Å². The standard InChI is InChI=1S/C12H18N4O3/c1-12(2,3)19-11(18)9-5-4-6-16(9)10(17)8-7-13-15-14-8/h7,9H,4-6H2,1-3H3,(H,13,14,15)/t9-/m1/s1. The maximum atomic E-state index is 12.2. The van der Waals surface area contributed by atoms with Gasteiger partial charge in [-0.05, 0) is 33.6 Å². The molecule has 0 radical (unpaired) electrons. The smallest absolute Gasteiger partial charge is 0.329 e. The third-order valence-electron chi connectivity index (χ3n) is 2.83. The van der Waals surface area contributed by atoms with Gasteiger partial charge in [-0.15, -0.1) is 0 Å². The minimum atomic E-state index is -0.553. The van der Waals surface area contributed by atoms with E-state index in [-0.39, 0.29) is 17.6 Å². The first-order valence-corrected chi connectivity index (χ1v) is 6.28. The first kappa shape index (κ1) is 13.5. The van der Waals surface area contributed by atoms with Gasteiger partial charge in [-0.1, -0.05) is 0 Å². The van der Waals surface area contributed by atoms with Gasteiger partial charge in [0.1, 0.15) is 11.6 Å². The zero-order valence-corrected chi connectivity index (χ0v) is 11.3. The molecule has 1 atom stereocenters. The van der Waals surface area contributed by atoms with E-state index in [0.717, 1.165) is 6.42 Å². The van der Waals surface area contributed by atoms with E-state index in [1.807, 2.05) is 20.8 Å². The molecule has 0 unspecified atom stereocenters. The van der Waals surface area contributed by atoms with E-state index in [4.69, 9.17) is 4.74 Å². The fourth-order valence-corrected chi connectivity index (χ4v) is 2.08. The summed E-state index contributed by atoms with van der Waals surface area (Å²) in [5.74, 6) is -0.649. The van der Waals surface area contributed by atoms with Crippen LogP contribution in [0.15, 0.2) is 6.20 Å². The van der Waals surface area contributed by atoms with Crippen LogP contribution in [-0.2, 0) is 9.53 Å². The second-order valence-corrected chi connectivity index (χ2v) is 5.55. The molecule has 2 rings (SSSR count). The summed E-state index contributed by atoms with van der Waals surface area (Å²) in [5, 5.41) is 9.75. The number of amides is 1. The molecule has 0 aromatic carbocycles. The summed E-state index contributed by atoms with van der Waals surface area (Å²) in [6.07, 6.45) is 2.76. The highest BCUT2D eigenvalue weighted by Crippen LogP contribution is 2.22. The second-order valence-electron chi connectivity index (χ2n) is 5.55. The summed E-state index contributed by atoms with van der Waals surface area (Å²) >= 11 is 0. The molecule has 0 spiro atoms. The number of carbonyl (C=O) groups is 2. The highest BCUT2D eigenvalue weighted by molar-refractivity contribution is 5.95. The molecule has 1 saturated heterocycles. The Kier molecular flexibility index (Phi) is 3.55. The molecule has 104 valence electrons. The number of H-pyrrole nitrogens is 1. The van der Waals surface area contributed by atoms with Gasteiger partial charge in [0.25, 0.3) is 5.91 Å². The Morgan fingerprint density at radius 2 is 2.21 bits per heavy atom. The fourth-order valence-electron chi connectivity index (χ4n) is 2.08. The largest absolute Gasteiger partial charge is 0.458 e. The van der Waals surface area contributed by atoms with Crippen LogP contribution in [0.1, 0.15) is 44.1 Å². The highest BCUT2D eigenvalue weighted by atomic mass is 16.6. The summed E-state index contributed by atoms with van der Waals surface area (Å²) in [4.78, 5) is 25.8. The number of nitrogens with one attached hydrogen (secondary N) is 1. The van der Waals surface area contributed by atoms with Crippen molar-refractivity contribution in [3.05, 3.63) is 11.9 Å². The lowest BCUT2D eigenvalue weighted by Crippen LogP contribution is -2.43. The van der Waals surface area contributed by atoms with Crippen molar-refractivity contribution in [3.8, 4) is 0 Å². The summed E-state index contributed by atoms with van der Waals surface area (Å²) in [5.41, 5.74) is -0.335. The Morgan fingerprint density at radius 1 is 1.47 bits per heavy atom. The SMILES string of the molecule is CC(C)(C)OC(=O)[C@H]1CCCN1C(=O)c1cn[nH]n1. The van der Waals surface area contributed by atoms with Gasteiger partial charge in [0.05, 0.1) is 6.20 Å². The van der Waals surface area contributed by atoms with Crippen molar-refractivity contribution < 1.29 is 14.3 Å². The maximum absolute atomic E-state index is 12.2. The van der Waals surface area contributed by atoms with Crippen LogP contribution in [0, 0.1) is 0 Å². The Morgan fingerprint density at radius 3 is 2.79 bits per heavy atom. The number of hydrogen-bond donors (Lipinski definition) is 1. The van der Waals surface area contributed by atoms with Crippen molar-refractivity contribution in [1.82, 2.24) is 20.3 Å². The predicted octanol–water partition coefficient (Wildman–Crippen LogP) is 0.751. The lowest BCUT2D eigenvalue weighted by atomic mass is 10.1. The number of esters is 1. The van der Waals surface area contributed by atoms with Crippen LogP contribution < -0.4 is 0 Å². The van der Waals surface area contributed by atoms with Gasteiger partial charge >= 0.3 is 5.97 Å². The molecule has 7 heteroatoms. The number of carbonyl (C=O) groups excluding carboxylic acids is 2. The summed E-state index contributed by atoms with van der Waals surface area (Å²) in [6, 6.07) is -0.525. The van der Waals surface area contributed by atoms with Gasteiger partial charge in [0, 0.05) is 6.54 Å². The topological polar surface area (TPSA) is 88.2 Å². The number of aromatic nitrogens is 3. The Balaban J connectivity index is 2.09. The maximum Gasteiger partial charge on any atom is 0.329 e. The Bertz CT molecular complexity index is 464. The molecule has 0 aliphatic carbocycles. The van der Waals surface area contributed by atoms with Crippen molar-refractivity contribution in [2.45, 2.75) is 45.3 Å². The van der Waals surface area contributed by atoms with E-state index >= 15 is 0 Å². The normalized spacial score (nSPS) is 19.5. The molecule has 1 N–H and O–H groups in total. The van der Waals surface area contributed by atoms with E-state index in [1.165, 1.54) is 11.1 Å². The van der Waals surface area contributed by atoms with Crippen LogP contribution in [0.2, 0.25) is 0 Å². The molecular formula is C12H18N4O3. The van der Waals surface area contributed by atoms with Crippen LogP contribution in [-0.4, -0.2) is 50.4 Å². The van der Waals surface area contributed by atoms with Gasteiger partial charge < -0.3 is 9.64 Å². The zero-order chi connectivity index (χ0) is 14.0. The third-order valence-corrected chi connectivity index (χ3v) is 2.83.